The molecule has 0 saturated heterocycles. The van der Waals surface area contributed by atoms with Gasteiger partial charge in [-0.15, -0.1) is 6.58 Å². The molecule has 1 atom stereocenters. The SMILES string of the molecule is C=CC(C/C=C/COC(=O)NCCC[Si](OCC)(OCC)OCC)CC/C=C/COC(=O)NCCC[Si](OCC)(OCC)OCC. The first-order valence-corrected chi connectivity index (χ1v) is 20.7. The number of hydrogen-bond donors (Lipinski definition) is 2. The molecule has 14 heteroatoms. The van der Waals surface area contributed by atoms with Crippen LogP contribution in [0, 0.1) is 5.92 Å². The van der Waals surface area contributed by atoms with Crippen molar-refractivity contribution in [3.05, 3.63) is 37.0 Å². The number of carbonyl (C=O) groups excluding carboxylic acids is 2. The molecule has 0 fully saturated rings. The highest BCUT2D eigenvalue weighted by molar-refractivity contribution is 6.61. The Bertz CT molecular complexity index is 814. The van der Waals surface area contributed by atoms with Gasteiger partial charge in [-0.25, -0.2) is 9.59 Å². The number of ether oxygens (including phenoxy) is 2. The molecular weight excluding hydrogens is 629 g/mol. The third-order valence-electron chi connectivity index (χ3n) is 6.47. The molecular formula is C32H62N2O10Si2. The zero-order chi connectivity index (χ0) is 34.4. The van der Waals surface area contributed by atoms with E-state index in [1.165, 1.54) is 0 Å². The molecule has 0 heterocycles. The first-order valence-electron chi connectivity index (χ1n) is 16.9. The van der Waals surface area contributed by atoms with Crippen LogP contribution in [0.1, 0.15) is 73.6 Å². The van der Waals surface area contributed by atoms with Crippen molar-refractivity contribution >= 4 is 29.8 Å². The molecule has 0 aromatic carbocycles. The Balaban J connectivity index is 4.14. The largest absolute Gasteiger partial charge is 0.500 e. The fourth-order valence-electron chi connectivity index (χ4n) is 4.51. The Kier molecular flexibility index (Phi) is 27.8. The van der Waals surface area contributed by atoms with Gasteiger partial charge in [0.15, 0.2) is 0 Å². The van der Waals surface area contributed by atoms with E-state index in [1.54, 1.807) is 0 Å². The molecule has 268 valence electrons. The van der Waals surface area contributed by atoms with Crippen LogP contribution >= 0.6 is 0 Å². The lowest BCUT2D eigenvalue weighted by atomic mass is 9.99. The van der Waals surface area contributed by atoms with Crippen LogP contribution in [0.3, 0.4) is 0 Å². The molecule has 46 heavy (non-hydrogen) atoms. The van der Waals surface area contributed by atoms with E-state index in [-0.39, 0.29) is 19.1 Å². The number of nitrogens with one attached hydrogen (secondary N) is 2. The van der Waals surface area contributed by atoms with E-state index in [2.05, 4.69) is 17.2 Å². The highest BCUT2D eigenvalue weighted by atomic mass is 28.4. The fraction of sp³-hybridized carbons (Fsp3) is 0.750. The van der Waals surface area contributed by atoms with Crippen LogP contribution in [0.5, 0.6) is 0 Å². The van der Waals surface area contributed by atoms with Gasteiger partial charge in [0.05, 0.1) is 0 Å². The van der Waals surface area contributed by atoms with Gasteiger partial charge in [-0.05, 0) is 79.6 Å². The zero-order valence-corrected chi connectivity index (χ0v) is 31.3. The van der Waals surface area contributed by atoms with Gasteiger partial charge in [0.1, 0.15) is 13.2 Å². The number of carbonyl (C=O) groups is 2. The maximum Gasteiger partial charge on any atom is 0.500 e. The minimum atomic E-state index is -2.70. The van der Waals surface area contributed by atoms with Gasteiger partial charge >= 0.3 is 29.8 Å². The molecule has 0 rings (SSSR count). The predicted molar refractivity (Wildman–Crippen MR) is 185 cm³/mol. The molecule has 0 spiro atoms. The zero-order valence-electron chi connectivity index (χ0n) is 29.3. The summed E-state index contributed by atoms with van der Waals surface area (Å²) in [6.07, 6.45) is 12.5. The highest BCUT2D eigenvalue weighted by Crippen LogP contribution is 2.19. The summed E-state index contributed by atoms with van der Waals surface area (Å²) >= 11 is 0. The molecule has 0 radical (unpaired) electrons. The van der Waals surface area contributed by atoms with Crippen LogP contribution in [0.15, 0.2) is 37.0 Å². The lowest BCUT2D eigenvalue weighted by Crippen LogP contribution is -2.46. The van der Waals surface area contributed by atoms with E-state index in [0.717, 1.165) is 19.3 Å². The minimum absolute atomic E-state index is 0.193. The van der Waals surface area contributed by atoms with Crippen molar-refractivity contribution in [1.29, 1.82) is 0 Å². The van der Waals surface area contributed by atoms with Crippen molar-refractivity contribution < 1.29 is 45.6 Å². The summed E-state index contributed by atoms with van der Waals surface area (Å²) in [6.45, 7) is 19.9. The molecule has 2 amide bonds. The highest BCUT2D eigenvalue weighted by Gasteiger charge is 2.40. The summed E-state index contributed by atoms with van der Waals surface area (Å²) in [5.74, 6) is 0.283. The number of alkyl carbamates (subject to hydrolysis) is 2. The topological polar surface area (TPSA) is 132 Å². The van der Waals surface area contributed by atoms with Gasteiger partial charge in [0, 0.05) is 64.8 Å². The minimum Gasteiger partial charge on any atom is -0.445 e. The Hall–Kier alpha value is -2.05. The van der Waals surface area contributed by atoms with Crippen LogP contribution in [-0.4, -0.2) is 95.7 Å². The quantitative estimate of drug-likeness (QED) is 0.0496. The normalized spacial score (nSPS) is 12.8. The van der Waals surface area contributed by atoms with E-state index in [1.807, 2.05) is 71.9 Å². The lowest BCUT2D eigenvalue weighted by Gasteiger charge is -2.28. The van der Waals surface area contributed by atoms with E-state index in [9.17, 15) is 9.59 Å². The molecule has 0 aliphatic heterocycles. The van der Waals surface area contributed by atoms with Crippen molar-refractivity contribution in [2.75, 3.05) is 65.9 Å². The second-order valence-corrected chi connectivity index (χ2v) is 15.4. The molecule has 12 nitrogen and oxygen atoms in total. The maximum absolute atomic E-state index is 12.0. The van der Waals surface area contributed by atoms with Crippen LogP contribution in [-0.2, 0) is 36.0 Å². The first kappa shape index (κ1) is 44.0. The Morgan fingerprint density at radius 1 is 0.630 bits per heavy atom. The lowest BCUT2D eigenvalue weighted by molar-refractivity contribution is 0.0700. The Labute approximate surface area is 280 Å². The van der Waals surface area contributed by atoms with E-state index in [0.29, 0.717) is 77.7 Å². The van der Waals surface area contributed by atoms with Crippen molar-refractivity contribution in [2.45, 2.75) is 85.7 Å². The number of rotatable bonds is 30. The molecule has 0 aliphatic carbocycles. The van der Waals surface area contributed by atoms with Crippen molar-refractivity contribution in [1.82, 2.24) is 10.6 Å². The van der Waals surface area contributed by atoms with Crippen LogP contribution < -0.4 is 10.6 Å². The van der Waals surface area contributed by atoms with E-state index in [4.69, 9.17) is 36.0 Å². The average Bonchev–Trinajstić information content (AvgIpc) is 3.02. The maximum atomic E-state index is 12.0. The molecule has 0 aromatic rings. The third kappa shape index (κ3) is 21.7. The summed E-state index contributed by atoms with van der Waals surface area (Å²) in [6, 6.07) is 1.26. The van der Waals surface area contributed by atoms with Gasteiger partial charge in [-0.2, -0.15) is 0 Å². The number of amides is 2. The molecule has 2 N–H and O–H groups in total. The first-order chi connectivity index (χ1) is 22.3. The van der Waals surface area contributed by atoms with Gasteiger partial charge < -0.3 is 46.7 Å². The second kappa shape index (κ2) is 29.1. The molecule has 0 aromatic heterocycles. The molecule has 1 unspecified atom stereocenters. The smallest absolute Gasteiger partial charge is 0.445 e. The number of hydrogen-bond acceptors (Lipinski definition) is 10. The standard InChI is InChI=1S/C32H62N2O10Si2/c1-8-30(23-17-19-27-38-32(36)34-25-21-29-46(42-12-5,43-13-6)44-14-7)22-16-15-18-26-37-31(35)33-24-20-28-45(39-9-2,40-10-3)41-11-4/h8,15,17-19,30H,1,9-14,16,20-29H2,2-7H3,(H,33,35)(H,34,36)/b18-15+,19-17+. The molecule has 0 saturated carbocycles. The Morgan fingerprint density at radius 3 is 1.39 bits per heavy atom. The van der Waals surface area contributed by atoms with Crippen LogP contribution in [0.25, 0.3) is 0 Å². The predicted octanol–water partition coefficient (Wildman–Crippen LogP) is 6.40. The van der Waals surface area contributed by atoms with E-state index < -0.39 is 29.8 Å². The summed E-state index contributed by atoms with van der Waals surface area (Å²) in [5.41, 5.74) is 0. The summed E-state index contributed by atoms with van der Waals surface area (Å²) in [7, 11) is -5.40. The van der Waals surface area contributed by atoms with Gasteiger partial charge in [-0.3, -0.25) is 0 Å². The second-order valence-electron chi connectivity index (χ2n) is 9.97. The van der Waals surface area contributed by atoms with Gasteiger partial charge in [0.2, 0.25) is 0 Å². The average molecular weight is 691 g/mol. The van der Waals surface area contributed by atoms with Crippen molar-refractivity contribution in [2.24, 2.45) is 5.92 Å². The van der Waals surface area contributed by atoms with Gasteiger partial charge in [0.25, 0.3) is 0 Å². The third-order valence-corrected chi connectivity index (χ3v) is 12.8. The van der Waals surface area contributed by atoms with Crippen LogP contribution in [0.4, 0.5) is 9.59 Å². The summed E-state index contributed by atoms with van der Waals surface area (Å²) < 4.78 is 45.4. The molecule has 0 bridgehead atoms. The number of allylic oxidation sites excluding steroid dienone is 3. The Morgan fingerprint density at radius 2 is 1.02 bits per heavy atom. The fourth-order valence-corrected chi connectivity index (χ4v) is 9.73. The van der Waals surface area contributed by atoms with Crippen molar-refractivity contribution in [3.63, 3.8) is 0 Å². The van der Waals surface area contributed by atoms with E-state index >= 15 is 0 Å². The van der Waals surface area contributed by atoms with Crippen molar-refractivity contribution in [3.8, 4) is 0 Å². The van der Waals surface area contributed by atoms with Crippen LogP contribution in [0.2, 0.25) is 12.1 Å². The monoisotopic (exact) mass is 690 g/mol. The summed E-state index contributed by atoms with van der Waals surface area (Å²) in [5, 5.41) is 5.53. The van der Waals surface area contributed by atoms with Gasteiger partial charge in [-0.1, -0.05) is 30.4 Å². The summed E-state index contributed by atoms with van der Waals surface area (Å²) in [4.78, 5) is 24.0. The molecule has 0 aliphatic rings.